The molecule has 1 aliphatic rings. The zero-order chi connectivity index (χ0) is 13.8. The molecule has 1 N–H and O–H groups in total. The molecular weight excluding hydrogens is 274 g/mol. The summed E-state index contributed by atoms with van der Waals surface area (Å²) in [5, 5.41) is 4.29. The third kappa shape index (κ3) is 2.86. The van der Waals surface area contributed by atoms with Crippen molar-refractivity contribution in [1.82, 2.24) is 15.3 Å². The number of benzene rings is 1. The molecule has 2 heterocycles. The van der Waals surface area contributed by atoms with Crippen LogP contribution in [0.2, 0.25) is 0 Å². The monoisotopic (exact) mass is 289 g/mol. The second-order valence-electron chi connectivity index (χ2n) is 4.31. The summed E-state index contributed by atoms with van der Waals surface area (Å²) in [6, 6.07) is 8.19. The first-order valence-corrected chi connectivity index (χ1v) is 7.31. The van der Waals surface area contributed by atoms with Crippen molar-refractivity contribution in [3.8, 4) is 11.5 Å². The number of hydrogen-bond acceptors (Lipinski definition) is 6. The van der Waals surface area contributed by atoms with Gasteiger partial charge in [-0.2, -0.15) is 0 Å². The molecule has 0 saturated heterocycles. The summed E-state index contributed by atoms with van der Waals surface area (Å²) in [6.45, 7) is 0.304. The largest absolute Gasteiger partial charge is 0.454 e. The van der Waals surface area contributed by atoms with Crippen LogP contribution in [0.5, 0.6) is 11.5 Å². The Balaban J connectivity index is 1.70. The Kier molecular flexibility index (Phi) is 4.03. The van der Waals surface area contributed by atoms with Crippen LogP contribution in [0.1, 0.15) is 11.6 Å². The average Bonchev–Trinajstić information content (AvgIpc) is 2.96. The fourth-order valence-corrected chi connectivity index (χ4v) is 2.98. The van der Waals surface area contributed by atoms with Gasteiger partial charge in [-0.1, -0.05) is 6.07 Å². The van der Waals surface area contributed by atoms with E-state index in [-0.39, 0.29) is 6.04 Å². The number of rotatable bonds is 5. The van der Waals surface area contributed by atoms with E-state index < -0.39 is 0 Å². The highest BCUT2D eigenvalue weighted by Crippen LogP contribution is 2.35. The van der Waals surface area contributed by atoms with E-state index in [2.05, 4.69) is 21.4 Å². The number of nitrogens with zero attached hydrogens (tertiary/aromatic N) is 2. The van der Waals surface area contributed by atoms with E-state index in [1.807, 2.05) is 25.2 Å². The van der Waals surface area contributed by atoms with Gasteiger partial charge in [-0.05, 0) is 30.8 Å². The molecule has 1 unspecified atom stereocenters. The van der Waals surface area contributed by atoms with Crippen molar-refractivity contribution in [2.45, 2.75) is 11.1 Å². The summed E-state index contributed by atoms with van der Waals surface area (Å²) in [5.41, 5.74) is 1.18. The molecule has 0 fully saturated rings. The highest BCUT2D eigenvalue weighted by molar-refractivity contribution is 7.99. The minimum absolute atomic E-state index is 0.226. The van der Waals surface area contributed by atoms with Crippen LogP contribution in [0.4, 0.5) is 0 Å². The number of aromatic nitrogens is 2. The SMILES string of the molecule is CNC(CSc1ccncn1)c1ccc2c(c1)OCO2. The summed E-state index contributed by atoms with van der Waals surface area (Å²) in [7, 11) is 1.95. The van der Waals surface area contributed by atoms with Crippen molar-refractivity contribution in [1.29, 1.82) is 0 Å². The highest BCUT2D eigenvalue weighted by Gasteiger charge is 2.17. The topological polar surface area (TPSA) is 56.3 Å². The zero-order valence-corrected chi connectivity index (χ0v) is 11.9. The molecule has 2 aromatic rings. The molecule has 0 saturated carbocycles. The molecule has 1 atom stereocenters. The quantitative estimate of drug-likeness (QED) is 0.673. The molecule has 104 valence electrons. The Morgan fingerprint density at radius 2 is 2.20 bits per heavy atom. The fourth-order valence-electron chi connectivity index (χ4n) is 2.01. The van der Waals surface area contributed by atoms with Crippen LogP contribution in [0, 0.1) is 0 Å². The Morgan fingerprint density at radius 1 is 1.30 bits per heavy atom. The van der Waals surface area contributed by atoms with Crippen LogP contribution in [0.3, 0.4) is 0 Å². The van der Waals surface area contributed by atoms with Crippen LogP contribution >= 0.6 is 11.8 Å². The van der Waals surface area contributed by atoms with Gasteiger partial charge in [-0.25, -0.2) is 9.97 Å². The summed E-state index contributed by atoms with van der Waals surface area (Å²) in [4.78, 5) is 8.14. The molecule has 5 nitrogen and oxygen atoms in total. The first-order valence-electron chi connectivity index (χ1n) is 6.32. The van der Waals surface area contributed by atoms with Crippen molar-refractivity contribution in [3.63, 3.8) is 0 Å². The lowest BCUT2D eigenvalue weighted by Crippen LogP contribution is -2.18. The van der Waals surface area contributed by atoms with Gasteiger partial charge in [-0.3, -0.25) is 0 Å². The van der Waals surface area contributed by atoms with Gasteiger partial charge in [-0.15, -0.1) is 11.8 Å². The normalized spacial score (nSPS) is 14.2. The van der Waals surface area contributed by atoms with Gasteiger partial charge in [0.25, 0.3) is 0 Å². The summed E-state index contributed by atoms with van der Waals surface area (Å²) in [5.74, 6) is 2.51. The molecule has 0 aliphatic carbocycles. The first-order chi connectivity index (χ1) is 9.86. The van der Waals surface area contributed by atoms with Gasteiger partial charge in [0.05, 0.1) is 5.03 Å². The van der Waals surface area contributed by atoms with Crippen molar-refractivity contribution < 1.29 is 9.47 Å². The lowest BCUT2D eigenvalue weighted by Gasteiger charge is -2.16. The highest BCUT2D eigenvalue weighted by atomic mass is 32.2. The molecular formula is C14H15N3O2S. The Bertz CT molecular complexity index is 580. The van der Waals surface area contributed by atoms with Crippen molar-refractivity contribution >= 4 is 11.8 Å². The van der Waals surface area contributed by atoms with E-state index in [0.717, 1.165) is 22.3 Å². The van der Waals surface area contributed by atoms with Crippen LogP contribution < -0.4 is 14.8 Å². The maximum atomic E-state index is 5.42. The molecule has 20 heavy (non-hydrogen) atoms. The van der Waals surface area contributed by atoms with Crippen molar-refractivity contribution in [3.05, 3.63) is 42.4 Å². The van der Waals surface area contributed by atoms with Gasteiger partial charge < -0.3 is 14.8 Å². The number of nitrogens with one attached hydrogen (secondary N) is 1. The van der Waals surface area contributed by atoms with E-state index in [9.17, 15) is 0 Å². The minimum atomic E-state index is 0.226. The number of ether oxygens (including phenoxy) is 2. The van der Waals surface area contributed by atoms with Crippen molar-refractivity contribution in [2.24, 2.45) is 0 Å². The van der Waals surface area contributed by atoms with Crippen LogP contribution in [-0.2, 0) is 0 Å². The van der Waals surface area contributed by atoms with Gasteiger partial charge in [0, 0.05) is 18.0 Å². The van der Waals surface area contributed by atoms with Gasteiger partial charge in [0.1, 0.15) is 6.33 Å². The Hall–Kier alpha value is -1.79. The van der Waals surface area contributed by atoms with Crippen LogP contribution in [-0.4, -0.2) is 29.6 Å². The standard InChI is InChI=1S/C14H15N3O2S/c1-15-11(7-20-14-4-5-16-8-17-14)10-2-3-12-13(6-10)19-9-18-12/h2-6,8,11,15H,7,9H2,1H3. The number of hydrogen-bond donors (Lipinski definition) is 1. The molecule has 1 aliphatic heterocycles. The second-order valence-corrected chi connectivity index (χ2v) is 5.35. The lowest BCUT2D eigenvalue weighted by atomic mass is 10.1. The van der Waals surface area contributed by atoms with E-state index in [1.54, 1.807) is 24.3 Å². The average molecular weight is 289 g/mol. The van der Waals surface area contributed by atoms with Gasteiger partial charge >= 0.3 is 0 Å². The molecule has 0 spiro atoms. The second kappa shape index (κ2) is 6.11. The molecule has 0 amide bonds. The molecule has 0 bridgehead atoms. The zero-order valence-electron chi connectivity index (χ0n) is 11.1. The number of thioether (sulfide) groups is 1. The van der Waals surface area contributed by atoms with E-state index in [0.29, 0.717) is 6.79 Å². The number of fused-ring (bicyclic) bond motifs is 1. The van der Waals surface area contributed by atoms with E-state index >= 15 is 0 Å². The molecule has 3 rings (SSSR count). The predicted molar refractivity (Wildman–Crippen MR) is 77.1 cm³/mol. The summed E-state index contributed by atoms with van der Waals surface area (Å²) < 4.78 is 10.8. The summed E-state index contributed by atoms with van der Waals surface area (Å²) in [6.07, 6.45) is 3.32. The lowest BCUT2D eigenvalue weighted by molar-refractivity contribution is 0.174. The third-order valence-electron chi connectivity index (χ3n) is 3.10. The van der Waals surface area contributed by atoms with Gasteiger partial charge in [0.2, 0.25) is 6.79 Å². The molecule has 6 heteroatoms. The van der Waals surface area contributed by atoms with Crippen molar-refractivity contribution in [2.75, 3.05) is 19.6 Å². The van der Waals surface area contributed by atoms with Crippen LogP contribution in [0.15, 0.2) is 41.8 Å². The Labute approximate surface area is 121 Å². The fraction of sp³-hybridized carbons (Fsp3) is 0.286. The maximum Gasteiger partial charge on any atom is 0.231 e. The smallest absolute Gasteiger partial charge is 0.231 e. The molecule has 1 aromatic carbocycles. The molecule has 1 aromatic heterocycles. The molecule has 0 radical (unpaired) electrons. The van der Waals surface area contributed by atoms with Gasteiger partial charge in [0.15, 0.2) is 11.5 Å². The minimum Gasteiger partial charge on any atom is -0.454 e. The van der Waals surface area contributed by atoms with Crippen LogP contribution in [0.25, 0.3) is 0 Å². The van der Waals surface area contributed by atoms with E-state index in [4.69, 9.17) is 9.47 Å². The Morgan fingerprint density at radius 3 is 3.00 bits per heavy atom. The predicted octanol–water partition coefficient (Wildman–Crippen LogP) is 2.26. The van der Waals surface area contributed by atoms with E-state index in [1.165, 1.54) is 5.56 Å². The maximum absolute atomic E-state index is 5.42. The summed E-state index contributed by atoms with van der Waals surface area (Å²) >= 11 is 1.70. The third-order valence-corrected chi connectivity index (χ3v) is 4.14. The first kappa shape index (κ1) is 13.2.